The van der Waals surface area contributed by atoms with E-state index < -0.39 is 28.2 Å². The molecule has 0 saturated carbocycles. The monoisotopic (exact) mass is 440 g/mol. The lowest BCUT2D eigenvalue weighted by Gasteiger charge is -2.03. The van der Waals surface area contributed by atoms with E-state index in [4.69, 9.17) is 4.74 Å². The van der Waals surface area contributed by atoms with E-state index >= 15 is 0 Å². The molecule has 0 aliphatic carbocycles. The van der Waals surface area contributed by atoms with Crippen molar-refractivity contribution in [2.24, 2.45) is 7.05 Å². The number of rotatable bonds is 5. The molecule has 2 rings (SSSR count). The van der Waals surface area contributed by atoms with E-state index in [1.54, 1.807) is 12.3 Å². The molecule has 0 atom stereocenters. The number of hydrogen-bond donors (Lipinski definition) is 1. The van der Waals surface area contributed by atoms with E-state index in [1.165, 1.54) is 7.05 Å². The third-order valence-electron chi connectivity index (χ3n) is 2.88. The Labute approximate surface area is 152 Å². The van der Waals surface area contributed by atoms with Crippen LogP contribution in [0.3, 0.4) is 0 Å². The van der Waals surface area contributed by atoms with Gasteiger partial charge in [0.2, 0.25) is 0 Å². The molecule has 0 fully saturated rings. The normalized spacial score (nSPS) is 11.4. The molecule has 0 bridgehead atoms. The second-order valence-electron chi connectivity index (χ2n) is 4.71. The molecular formula is C13H12BrF3N4O3S. The van der Waals surface area contributed by atoms with Gasteiger partial charge in [-0.05, 0) is 22.9 Å². The number of ether oxygens (including phenoxy) is 1. The van der Waals surface area contributed by atoms with Crippen LogP contribution in [0.15, 0.2) is 9.85 Å². The maximum atomic E-state index is 12.8. The molecule has 2 heterocycles. The Balaban J connectivity index is 2.15. The van der Waals surface area contributed by atoms with Gasteiger partial charge in [-0.1, -0.05) is 0 Å². The van der Waals surface area contributed by atoms with Gasteiger partial charge in [-0.2, -0.15) is 18.3 Å². The maximum Gasteiger partial charge on any atom is 0.436 e. The second-order valence-corrected chi connectivity index (χ2v) is 6.36. The molecular weight excluding hydrogens is 429 g/mol. The first-order chi connectivity index (χ1) is 11.6. The lowest BCUT2D eigenvalue weighted by molar-refractivity contribution is -0.143. The van der Waals surface area contributed by atoms with E-state index in [0.29, 0.717) is 5.69 Å². The minimum absolute atomic E-state index is 0.0617. The summed E-state index contributed by atoms with van der Waals surface area (Å²) in [5, 5.41) is 7.40. The Bertz CT molecular complexity index is 803. The minimum Gasteiger partial charge on any atom is -0.466 e. The number of halogens is 4. The Kier molecular flexibility index (Phi) is 5.83. The molecule has 1 amide bonds. The number of amides is 1. The highest BCUT2D eigenvalue weighted by atomic mass is 79.9. The van der Waals surface area contributed by atoms with Gasteiger partial charge in [-0.3, -0.25) is 19.6 Å². The lowest BCUT2D eigenvalue weighted by atomic mass is 10.3. The third kappa shape index (κ3) is 4.57. The molecule has 7 nitrogen and oxygen atoms in total. The van der Waals surface area contributed by atoms with Crippen molar-refractivity contribution in [3.05, 3.63) is 26.9 Å². The van der Waals surface area contributed by atoms with E-state index in [-0.39, 0.29) is 23.9 Å². The van der Waals surface area contributed by atoms with Crippen molar-refractivity contribution < 1.29 is 27.5 Å². The molecule has 0 aromatic carbocycles. The Morgan fingerprint density at radius 1 is 1.44 bits per heavy atom. The zero-order chi connectivity index (χ0) is 18.8. The molecule has 0 saturated heterocycles. The number of esters is 1. The number of thiazole rings is 1. The van der Waals surface area contributed by atoms with Gasteiger partial charge >= 0.3 is 12.1 Å². The summed E-state index contributed by atoms with van der Waals surface area (Å²) in [7, 11) is 1.23. The number of carbonyl (C=O) groups excluding carboxylic acids is 2. The van der Waals surface area contributed by atoms with Crippen LogP contribution < -0.4 is 5.32 Å². The molecule has 12 heteroatoms. The molecule has 2 aromatic rings. The van der Waals surface area contributed by atoms with E-state index in [0.717, 1.165) is 16.0 Å². The van der Waals surface area contributed by atoms with Crippen molar-refractivity contribution in [2.45, 2.75) is 19.5 Å². The summed E-state index contributed by atoms with van der Waals surface area (Å²) in [4.78, 5) is 27.6. The van der Waals surface area contributed by atoms with E-state index in [9.17, 15) is 22.8 Å². The first-order valence-corrected chi connectivity index (χ1v) is 8.51. The topological polar surface area (TPSA) is 86.1 Å². The smallest absolute Gasteiger partial charge is 0.436 e. The molecule has 1 N–H and O–H groups in total. The van der Waals surface area contributed by atoms with Crippen LogP contribution in [-0.2, 0) is 29.2 Å². The number of nitrogens with one attached hydrogen (secondary N) is 1. The number of alkyl halides is 3. The first-order valence-electron chi connectivity index (χ1n) is 6.84. The number of hydrogen-bond acceptors (Lipinski definition) is 6. The molecule has 0 aliphatic heterocycles. The number of aromatic nitrogens is 3. The Morgan fingerprint density at radius 3 is 2.68 bits per heavy atom. The predicted octanol–water partition coefficient (Wildman–Crippen LogP) is 3.02. The van der Waals surface area contributed by atoms with Gasteiger partial charge in [0, 0.05) is 12.4 Å². The minimum atomic E-state index is -4.69. The highest BCUT2D eigenvalue weighted by Crippen LogP contribution is 2.35. The summed E-state index contributed by atoms with van der Waals surface area (Å²) >= 11 is 3.80. The van der Waals surface area contributed by atoms with Gasteiger partial charge < -0.3 is 4.74 Å². The standard InChI is InChI=1S/C13H12BrF3N4O3S/c1-3-24-7(22)4-6-5-25-12(18-6)19-11(23)9-8(14)10(13(15,16)17)20-21(9)2/h5H,3-4H2,1-2H3,(H,18,19,23). The van der Waals surface area contributed by atoms with E-state index in [1.807, 2.05) is 0 Å². The van der Waals surface area contributed by atoms with Gasteiger partial charge in [-0.25, -0.2) is 4.98 Å². The summed E-state index contributed by atoms with van der Waals surface area (Å²) in [5.41, 5.74) is -1.10. The van der Waals surface area contributed by atoms with Gasteiger partial charge in [-0.15, -0.1) is 11.3 Å². The quantitative estimate of drug-likeness (QED) is 0.722. The fourth-order valence-electron chi connectivity index (χ4n) is 1.89. The van der Waals surface area contributed by atoms with Crippen molar-refractivity contribution in [3.8, 4) is 0 Å². The highest BCUT2D eigenvalue weighted by Gasteiger charge is 2.39. The molecule has 136 valence electrons. The van der Waals surface area contributed by atoms with Gasteiger partial charge in [0.15, 0.2) is 10.8 Å². The summed E-state index contributed by atoms with van der Waals surface area (Å²) in [5.74, 6) is -1.27. The van der Waals surface area contributed by atoms with Gasteiger partial charge in [0.1, 0.15) is 5.69 Å². The third-order valence-corrected chi connectivity index (χ3v) is 4.43. The molecule has 2 aromatic heterocycles. The van der Waals surface area contributed by atoms with Crippen LogP contribution in [0.1, 0.15) is 28.8 Å². The van der Waals surface area contributed by atoms with Crippen molar-refractivity contribution >= 4 is 44.3 Å². The maximum absolute atomic E-state index is 12.8. The van der Waals surface area contributed by atoms with Crippen molar-refractivity contribution in [1.29, 1.82) is 0 Å². The van der Waals surface area contributed by atoms with Crippen LogP contribution in [0.25, 0.3) is 0 Å². The van der Waals surface area contributed by atoms with Crippen LogP contribution >= 0.6 is 27.3 Å². The molecule has 25 heavy (non-hydrogen) atoms. The van der Waals surface area contributed by atoms with Crippen LogP contribution in [0.4, 0.5) is 18.3 Å². The van der Waals surface area contributed by atoms with E-state index in [2.05, 4.69) is 31.3 Å². The largest absolute Gasteiger partial charge is 0.466 e. The molecule has 0 spiro atoms. The fourth-order valence-corrected chi connectivity index (χ4v) is 3.33. The second kappa shape index (κ2) is 7.52. The zero-order valence-corrected chi connectivity index (χ0v) is 15.4. The highest BCUT2D eigenvalue weighted by molar-refractivity contribution is 9.10. The Hall–Kier alpha value is -1.95. The molecule has 0 radical (unpaired) electrons. The zero-order valence-electron chi connectivity index (χ0n) is 13.0. The first kappa shape index (κ1) is 19.4. The molecule has 0 unspecified atom stereocenters. The van der Waals surface area contributed by atoms with Gasteiger partial charge in [0.05, 0.1) is 23.2 Å². The van der Waals surface area contributed by atoms with Crippen LogP contribution in [0, 0.1) is 0 Å². The fraction of sp³-hybridized carbons (Fsp3) is 0.385. The van der Waals surface area contributed by atoms with Gasteiger partial charge in [0.25, 0.3) is 5.91 Å². The number of nitrogens with zero attached hydrogens (tertiary/aromatic N) is 3. The summed E-state index contributed by atoms with van der Waals surface area (Å²) < 4.78 is 43.6. The lowest BCUT2D eigenvalue weighted by Crippen LogP contribution is -2.16. The van der Waals surface area contributed by atoms with Crippen LogP contribution in [-0.4, -0.2) is 33.2 Å². The number of carbonyl (C=O) groups is 2. The predicted molar refractivity (Wildman–Crippen MR) is 86.3 cm³/mol. The van der Waals surface area contributed by atoms with Crippen molar-refractivity contribution in [2.75, 3.05) is 11.9 Å². The van der Waals surface area contributed by atoms with Crippen molar-refractivity contribution in [1.82, 2.24) is 14.8 Å². The average molecular weight is 441 g/mol. The average Bonchev–Trinajstić information content (AvgIpc) is 3.02. The van der Waals surface area contributed by atoms with Crippen molar-refractivity contribution in [3.63, 3.8) is 0 Å². The summed E-state index contributed by atoms with van der Waals surface area (Å²) in [6.07, 6.45) is -4.75. The Morgan fingerprint density at radius 2 is 2.12 bits per heavy atom. The van der Waals surface area contributed by atoms with Crippen LogP contribution in [0.2, 0.25) is 0 Å². The number of aryl methyl sites for hydroxylation is 1. The summed E-state index contributed by atoms with van der Waals surface area (Å²) in [6, 6.07) is 0. The van der Waals surface area contributed by atoms with Crippen LogP contribution in [0.5, 0.6) is 0 Å². The number of anilines is 1. The summed E-state index contributed by atoms with van der Waals surface area (Å²) in [6.45, 7) is 1.91. The SMILES string of the molecule is CCOC(=O)Cc1csc(NC(=O)c2c(Br)c(C(F)(F)F)nn2C)n1. The molecule has 0 aliphatic rings.